The van der Waals surface area contributed by atoms with E-state index in [-0.39, 0.29) is 11.9 Å². The summed E-state index contributed by atoms with van der Waals surface area (Å²) in [6, 6.07) is 5.37. The van der Waals surface area contributed by atoms with E-state index in [4.69, 9.17) is 5.84 Å². The smallest absolute Gasteiger partial charge is 0.253 e. The maximum atomic E-state index is 12.3. The molecule has 0 saturated heterocycles. The molecular weight excluding hydrogens is 272 g/mol. The maximum Gasteiger partial charge on any atom is 0.253 e. The van der Waals surface area contributed by atoms with Gasteiger partial charge in [0, 0.05) is 11.1 Å². The number of amides is 1. The van der Waals surface area contributed by atoms with Gasteiger partial charge in [-0.1, -0.05) is 11.6 Å². The third-order valence-electron chi connectivity index (χ3n) is 2.93. The minimum absolute atomic E-state index is 0.132. The van der Waals surface area contributed by atoms with Crippen LogP contribution in [0.15, 0.2) is 23.6 Å². The van der Waals surface area contributed by atoms with Gasteiger partial charge >= 0.3 is 0 Å². The van der Waals surface area contributed by atoms with E-state index in [1.807, 2.05) is 38.3 Å². The molecule has 1 aromatic carbocycles. The second kappa shape index (κ2) is 6.02. The van der Waals surface area contributed by atoms with Crippen LogP contribution in [-0.2, 0) is 0 Å². The normalized spacial score (nSPS) is 12.0. The predicted molar refractivity (Wildman–Crippen MR) is 81.7 cm³/mol. The minimum atomic E-state index is -0.165. The molecular formula is C14H18N4OS. The van der Waals surface area contributed by atoms with Crippen LogP contribution in [0.5, 0.6) is 0 Å². The second-order valence-electron chi connectivity index (χ2n) is 4.72. The summed E-state index contributed by atoms with van der Waals surface area (Å²) in [5.41, 5.74) is 5.66. The number of benzene rings is 1. The lowest BCUT2D eigenvalue weighted by atomic mass is 10.1. The Morgan fingerprint density at radius 2 is 2.15 bits per heavy atom. The van der Waals surface area contributed by atoms with Gasteiger partial charge in [0.25, 0.3) is 5.91 Å². The number of rotatable bonds is 4. The standard InChI is InChI=1S/C14H18N4OS/c1-8-4-5-12(18-15)11(6-8)13(19)17-10(3)14-16-9(2)7-20-14/h4-7,10,18H,15H2,1-3H3,(H,17,19). The van der Waals surface area contributed by atoms with Crippen LogP contribution in [0.4, 0.5) is 5.69 Å². The molecule has 1 amide bonds. The van der Waals surface area contributed by atoms with E-state index in [0.717, 1.165) is 16.3 Å². The molecule has 0 aliphatic heterocycles. The van der Waals surface area contributed by atoms with Crippen molar-refractivity contribution in [1.82, 2.24) is 10.3 Å². The van der Waals surface area contributed by atoms with E-state index < -0.39 is 0 Å². The number of nitrogens with zero attached hydrogens (tertiary/aromatic N) is 1. The number of nitrogens with two attached hydrogens (primary N) is 1. The maximum absolute atomic E-state index is 12.3. The fourth-order valence-corrected chi connectivity index (χ4v) is 2.68. The highest BCUT2D eigenvalue weighted by molar-refractivity contribution is 7.09. The largest absolute Gasteiger partial charge is 0.343 e. The van der Waals surface area contributed by atoms with E-state index in [9.17, 15) is 4.79 Å². The first kappa shape index (κ1) is 14.5. The summed E-state index contributed by atoms with van der Waals surface area (Å²) in [7, 11) is 0. The van der Waals surface area contributed by atoms with Crippen LogP contribution in [0.2, 0.25) is 0 Å². The van der Waals surface area contributed by atoms with Gasteiger partial charge in [0.2, 0.25) is 0 Å². The molecule has 1 atom stereocenters. The summed E-state index contributed by atoms with van der Waals surface area (Å²) in [6.45, 7) is 5.79. The van der Waals surface area contributed by atoms with Crippen molar-refractivity contribution in [2.75, 3.05) is 5.43 Å². The van der Waals surface area contributed by atoms with Gasteiger partial charge in [0.05, 0.1) is 17.3 Å². The number of hydrazine groups is 1. The van der Waals surface area contributed by atoms with Crippen molar-refractivity contribution in [2.45, 2.75) is 26.8 Å². The van der Waals surface area contributed by atoms with Crippen molar-refractivity contribution in [3.05, 3.63) is 45.4 Å². The fourth-order valence-electron chi connectivity index (χ4n) is 1.88. The number of hydrogen-bond acceptors (Lipinski definition) is 5. The van der Waals surface area contributed by atoms with Gasteiger partial charge in [-0.2, -0.15) is 0 Å². The van der Waals surface area contributed by atoms with Crippen molar-refractivity contribution < 1.29 is 4.79 Å². The Hall–Kier alpha value is -1.92. The molecule has 1 heterocycles. The summed E-state index contributed by atoms with van der Waals surface area (Å²) >= 11 is 1.54. The molecule has 6 heteroatoms. The first-order valence-corrected chi connectivity index (χ1v) is 7.19. The Kier molecular flexibility index (Phi) is 4.36. The molecule has 1 unspecified atom stereocenters. The number of thiazole rings is 1. The number of nitrogen functional groups attached to an aromatic ring is 1. The molecule has 106 valence electrons. The second-order valence-corrected chi connectivity index (χ2v) is 5.61. The zero-order valence-electron chi connectivity index (χ0n) is 11.7. The minimum Gasteiger partial charge on any atom is -0.343 e. The van der Waals surface area contributed by atoms with E-state index in [0.29, 0.717) is 11.3 Å². The third-order valence-corrected chi connectivity index (χ3v) is 4.08. The molecule has 0 spiro atoms. The van der Waals surface area contributed by atoms with Crippen LogP contribution in [-0.4, -0.2) is 10.9 Å². The predicted octanol–water partition coefficient (Wildman–Crippen LogP) is 2.54. The lowest BCUT2D eigenvalue weighted by molar-refractivity contribution is 0.0940. The lowest BCUT2D eigenvalue weighted by Crippen LogP contribution is -2.28. The van der Waals surface area contributed by atoms with Crippen LogP contribution < -0.4 is 16.6 Å². The van der Waals surface area contributed by atoms with Gasteiger partial charge in [0.1, 0.15) is 5.01 Å². The molecule has 1 aromatic heterocycles. The molecule has 20 heavy (non-hydrogen) atoms. The highest BCUT2D eigenvalue weighted by Gasteiger charge is 2.16. The molecule has 2 aromatic rings. The first-order chi connectivity index (χ1) is 9.51. The highest BCUT2D eigenvalue weighted by atomic mass is 32.1. The summed E-state index contributed by atoms with van der Waals surface area (Å²) in [5, 5.41) is 5.81. The van der Waals surface area contributed by atoms with Crippen molar-refractivity contribution >= 4 is 22.9 Å². The molecule has 0 fully saturated rings. The summed E-state index contributed by atoms with van der Waals surface area (Å²) in [4.78, 5) is 16.7. The number of anilines is 1. The molecule has 0 radical (unpaired) electrons. The van der Waals surface area contributed by atoms with Crippen molar-refractivity contribution in [2.24, 2.45) is 5.84 Å². The van der Waals surface area contributed by atoms with Gasteiger partial charge in [-0.05, 0) is 32.9 Å². The van der Waals surface area contributed by atoms with Gasteiger partial charge in [-0.15, -0.1) is 11.3 Å². The molecule has 0 bridgehead atoms. The average Bonchev–Trinajstić information content (AvgIpc) is 2.85. The van der Waals surface area contributed by atoms with Crippen LogP contribution in [0.1, 0.15) is 39.6 Å². The Bertz CT molecular complexity index is 623. The summed E-state index contributed by atoms with van der Waals surface area (Å²) < 4.78 is 0. The Morgan fingerprint density at radius 1 is 1.40 bits per heavy atom. The molecule has 2 rings (SSSR count). The molecule has 0 aliphatic rings. The third kappa shape index (κ3) is 3.15. The van der Waals surface area contributed by atoms with Crippen LogP contribution in [0.25, 0.3) is 0 Å². The quantitative estimate of drug-likeness (QED) is 0.597. The summed E-state index contributed by atoms with van der Waals surface area (Å²) in [5.74, 6) is 5.28. The van der Waals surface area contributed by atoms with Crippen LogP contribution in [0, 0.1) is 13.8 Å². The molecule has 0 saturated carbocycles. The zero-order valence-corrected chi connectivity index (χ0v) is 12.5. The van der Waals surface area contributed by atoms with Crippen LogP contribution in [0.3, 0.4) is 0 Å². The zero-order chi connectivity index (χ0) is 14.7. The number of carbonyl (C=O) groups is 1. The SMILES string of the molecule is Cc1ccc(NN)c(C(=O)NC(C)c2nc(C)cs2)c1. The lowest BCUT2D eigenvalue weighted by Gasteiger charge is -2.14. The van der Waals surface area contributed by atoms with E-state index in [1.54, 1.807) is 17.4 Å². The molecule has 5 nitrogen and oxygen atoms in total. The number of carbonyl (C=O) groups excluding carboxylic acids is 1. The number of nitrogens with one attached hydrogen (secondary N) is 2. The Morgan fingerprint density at radius 3 is 2.75 bits per heavy atom. The van der Waals surface area contributed by atoms with Gasteiger partial charge < -0.3 is 10.7 Å². The number of hydrogen-bond donors (Lipinski definition) is 3. The van der Waals surface area contributed by atoms with Gasteiger partial charge in [-0.3, -0.25) is 10.6 Å². The first-order valence-electron chi connectivity index (χ1n) is 6.31. The fraction of sp³-hybridized carbons (Fsp3) is 0.286. The van der Waals surface area contributed by atoms with E-state index >= 15 is 0 Å². The summed E-state index contributed by atoms with van der Waals surface area (Å²) in [6.07, 6.45) is 0. The van der Waals surface area contributed by atoms with Crippen molar-refractivity contribution in [3.63, 3.8) is 0 Å². The number of aromatic nitrogens is 1. The van der Waals surface area contributed by atoms with E-state index in [1.165, 1.54) is 0 Å². The van der Waals surface area contributed by atoms with Crippen molar-refractivity contribution in [1.29, 1.82) is 0 Å². The Labute approximate surface area is 122 Å². The van der Waals surface area contributed by atoms with E-state index in [2.05, 4.69) is 15.7 Å². The molecule has 4 N–H and O–H groups in total. The van der Waals surface area contributed by atoms with Gasteiger partial charge in [0.15, 0.2) is 0 Å². The topological polar surface area (TPSA) is 80.0 Å². The molecule has 0 aliphatic carbocycles. The van der Waals surface area contributed by atoms with Gasteiger partial charge in [-0.25, -0.2) is 4.98 Å². The number of aryl methyl sites for hydroxylation is 2. The van der Waals surface area contributed by atoms with Crippen LogP contribution >= 0.6 is 11.3 Å². The Balaban J connectivity index is 2.18. The van der Waals surface area contributed by atoms with Crippen molar-refractivity contribution in [3.8, 4) is 0 Å². The average molecular weight is 290 g/mol. The monoisotopic (exact) mass is 290 g/mol. The highest BCUT2D eigenvalue weighted by Crippen LogP contribution is 2.20.